The van der Waals surface area contributed by atoms with Gasteiger partial charge in [-0.15, -0.1) is 0 Å². The van der Waals surface area contributed by atoms with Gasteiger partial charge >= 0.3 is 0 Å². The molecule has 0 amide bonds. The molecule has 0 aliphatic carbocycles. The predicted molar refractivity (Wildman–Crippen MR) is 71.0 cm³/mol. The molecule has 0 aliphatic rings. The first-order chi connectivity index (χ1) is 7.74. The molecule has 0 bridgehead atoms. The SMILES string of the molecule is CCN(CC)CCCC(C)NCCCOC. The molecule has 0 saturated carbocycles. The number of hydrogen-bond donors (Lipinski definition) is 1. The fourth-order valence-electron chi connectivity index (χ4n) is 1.83. The van der Waals surface area contributed by atoms with Crippen LogP contribution >= 0.6 is 0 Å². The van der Waals surface area contributed by atoms with Gasteiger partial charge in [-0.3, -0.25) is 0 Å². The van der Waals surface area contributed by atoms with Gasteiger partial charge in [0.05, 0.1) is 0 Å². The van der Waals surface area contributed by atoms with E-state index in [4.69, 9.17) is 4.74 Å². The maximum Gasteiger partial charge on any atom is 0.0474 e. The van der Waals surface area contributed by atoms with E-state index in [9.17, 15) is 0 Å². The molecule has 1 unspecified atom stereocenters. The summed E-state index contributed by atoms with van der Waals surface area (Å²) in [5, 5.41) is 3.53. The summed E-state index contributed by atoms with van der Waals surface area (Å²) in [6, 6.07) is 0.632. The standard InChI is InChI=1S/C13H30N2O/c1-5-15(6-2)11-7-9-13(3)14-10-8-12-16-4/h13-14H,5-12H2,1-4H3. The normalized spacial score (nSPS) is 13.3. The Kier molecular flexibility index (Phi) is 11.3. The molecule has 0 spiro atoms. The Balaban J connectivity index is 3.32. The molecule has 0 fully saturated rings. The van der Waals surface area contributed by atoms with Crippen LogP contribution < -0.4 is 5.32 Å². The van der Waals surface area contributed by atoms with Gasteiger partial charge in [0.2, 0.25) is 0 Å². The first-order valence-electron chi connectivity index (χ1n) is 6.69. The van der Waals surface area contributed by atoms with Crippen molar-refractivity contribution in [1.29, 1.82) is 0 Å². The van der Waals surface area contributed by atoms with Gasteiger partial charge < -0.3 is 15.0 Å². The van der Waals surface area contributed by atoms with Crippen LogP contribution in [0.25, 0.3) is 0 Å². The van der Waals surface area contributed by atoms with Crippen LogP contribution in [0.5, 0.6) is 0 Å². The van der Waals surface area contributed by atoms with Crippen molar-refractivity contribution >= 4 is 0 Å². The highest BCUT2D eigenvalue weighted by atomic mass is 16.5. The summed E-state index contributed by atoms with van der Waals surface area (Å²) in [5.41, 5.74) is 0. The Morgan fingerprint density at radius 1 is 1.19 bits per heavy atom. The Morgan fingerprint density at radius 3 is 2.44 bits per heavy atom. The van der Waals surface area contributed by atoms with Crippen LogP contribution in [0.1, 0.15) is 40.0 Å². The highest BCUT2D eigenvalue weighted by Crippen LogP contribution is 1.99. The summed E-state index contributed by atoms with van der Waals surface area (Å²) < 4.78 is 5.02. The van der Waals surface area contributed by atoms with Gasteiger partial charge in [-0.1, -0.05) is 13.8 Å². The zero-order chi connectivity index (χ0) is 12.2. The van der Waals surface area contributed by atoms with Crippen LogP contribution in [-0.4, -0.2) is 50.8 Å². The van der Waals surface area contributed by atoms with E-state index in [-0.39, 0.29) is 0 Å². The number of methoxy groups -OCH3 is 1. The van der Waals surface area contributed by atoms with Gasteiger partial charge in [0.15, 0.2) is 0 Å². The molecule has 0 radical (unpaired) electrons. The minimum Gasteiger partial charge on any atom is -0.385 e. The predicted octanol–water partition coefficient (Wildman–Crippen LogP) is 2.12. The fourth-order valence-corrected chi connectivity index (χ4v) is 1.83. The van der Waals surface area contributed by atoms with E-state index in [2.05, 4.69) is 31.0 Å². The van der Waals surface area contributed by atoms with Crippen molar-refractivity contribution in [3.8, 4) is 0 Å². The van der Waals surface area contributed by atoms with Crippen molar-refractivity contribution in [3.05, 3.63) is 0 Å². The summed E-state index contributed by atoms with van der Waals surface area (Å²) in [6.45, 7) is 12.2. The van der Waals surface area contributed by atoms with Crippen molar-refractivity contribution in [1.82, 2.24) is 10.2 Å². The van der Waals surface area contributed by atoms with E-state index in [0.717, 1.165) is 19.6 Å². The third kappa shape index (κ3) is 9.13. The van der Waals surface area contributed by atoms with Crippen molar-refractivity contribution in [2.24, 2.45) is 0 Å². The van der Waals surface area contributed by atoms with Gasteiger partial charge in [0.25, 0.3) is 0 Å². The molecule has 0 heterocycles. The van der Waals surface area contributed by atoms with Crippen LogP contribution in [0.4, 0.5) is 0 Å². The summed E-state index contributed by atoms with van der Waals surface area (Å²) in [4.78, 5) is 2.48. The minimum absolute atomic E-state index is 0.632. The smallest absolute Gasteiger partial charge is 0.0474 e. The topological polar surface area (TPSA) is 24.5 Å². The first-order valence-corrected chi connectivity index (χ1v) is 6.69. The van der Waals surface area contributed by atoms with Crippen molar-refractivity contribution in [2.45, 2.75) is 46.1 Å². The monoisotopic (exact) mass is 230 g/mol. The molecule has 0 saturated heterocycles. The average Bonchev–Trinajstić information content (AvgIpc) is 2.30. The minimum atomic E-state index is 0.632. The molecular weight excluding hydrogens is 200 g/mol. The van der Waals surface area contributed by atoms with Crippen molar-refractivity contribution < 1.29 is 4.74 Å². The second-order valence-corrected chi connectivity index (χ2v) is 4.37. The van der Waals surface area contributed by atoms with Crippen molar-refractivity contribution in [2.75, 3.05) is 39.9 Å². The van der Waals surface area contributed by atoms with Gasteiger partial charge in [-0.25, -0.2) is 0 Å². The summed E-state index contributed by atoms with van der Waals surface area (Å²) >= 11 is 0. The third-order valence-corrected chi connectivity index (χ3v) is 3.02. The van der Waals surface area contributed by atoms with Gasteiger partial charge in [-0.2, -0.15) is 0 Å². The second-order valence-electron chi connectivity index (χ2n) is 4.37. The molecule has 0 rings (SSSR count). The maximum atomic E-state index is 5.02. The Labute approximate surface area is 102 Å². The molecular formula is C13H30N2O. The Morgan fingerprint density at radius 2 is 1.88 bits per heavy atom. The number of hydrogen-bond acceptors (Lipinski definition) is 3. The Bertz CT molecular complexity index is 138. The number of rotatable bonds is 11. The lowest BCUT2D eigenvalue weighted by molar-refractivity contribution is 0.193. The Hall–Kier alpha value is -0.120. The van der Waals surface area contributed by atoms with Gasteiger partial charge in [0, 0.05) is 19.8 Å². The molecule has 0 aromatic carbocycles. The maximum absolute atomic E-state index is 5.02. The first kappa shape index (κ1) is 15.9. The van der Waals surface area contributed by atoms with E-state index in [0.29, 0.717) is 6.04 Å². The molecule has 0 aromatic heterocycles. The largest absolute Gasteiger partial charge is 0.385 e. The second kappa shape index (κ2) is 11.4. The molecule has 16 heavy (non-hydrogen) atoms. The highest BCUT2D eigenvalue weighted by molar-refractivity contribution is 4.62. The molecule has 0 aliphatic heterocycles. The number of nitrogens with zero attached hydrogens (tertiary/aromatic N) is 1. The summed E-state index contributed by atoms with van der Waals surface area (Å²) in [6.07, 6.45) is 3.67. The lowest BCUT2D eigenvalue weighted by atomic mass is 10.1. The zero-order valence-electron chi connectivity index (χ0n) is 11.6. The highest BCUT2D eigenvalue weighted by Gasteiger charge is 2.03. The number of ether oxygens (including phenoxy) is 1. The molecule has 0 aromatic rings. The molecule has 1 atom stereocenters. The van der Waals surface area contributed by atoms with Crippen molar-refractivity contribution in [3.63, 3.8) is 0 Å². The van der Waals surface area contributed by atoms with E-state index < -0.39 is 0 Å². The quantitative estimate of drug-likeness (QED) is 0.550. The van der Waals surface area contributed by atoms with Crippen LogP contribution in [0, 0.1) is 0 Å². The lowest BCUT2D eigenvalue weighted by Gasteiger charge is -2.19. The van der Waals surface area contributed by atoms with E-state index >= 15 is 0 Å². The molecule has 1 N–H and O–H groups in total. The van der Waals surface area contributed by atoms with Crippen LogP contribution in [-0.2, 0) is 4.74 Å². The molecule has 3 nitrogen and oxygen atoms in total. The lowest BCUT2D eigenvalue weighted by Crippen LogP contribution is -2.30. The molecule has 98 valence electrons. The van der Waals surface area contributed by atoms with Crippen LogP contribution in [0.3, 0.4) is 0 Å². The summed E-state index contributed by atoms with van der Waals surface area (Å²) in [5.74, 6) is 0. The zero-order valence-corrected chi connectivity index (χ0v) is 11.6. The van der Waals surface area contributed by atoms with E-state index in [1.807, 2.05) is 0 Å². The van der Waals surface area contributed by atoms with Crippen LogP contribution in [0.15, 0.2) is 0 Å². The van der Waals surface area contributed by atoms with E-state index in [1.54, 1.807) is 7.11 Å². The molecule has 3 heteroatoms. The fraction of sp³-hybridized carbons (Fsp3) is 1.00. The number of nitrogens with one attached hydrogen (secondary N) is 1. The van der Waals surface area contributed by atoms with Crippen LogP contribution in [0.2, 0.25) is 0 Å². The summed E-state index contributed by atoms with van der Waals surface area (Å²) in [7, 11) is 1.76. The average molecular weight is 230 g/mol. The van der Waals surface area contributed by atoms with Gasteiger partial charge in [-0.05, 0) is 52.4 Å². The van der Waals surface area contributed by atoms with Gasteiger partial charge in [0.1, 0.15) is 0 Å². The van der Waals surface area contributed by atoms with E-state index in [1.165, 1.54) is 32.5 Å². The third-order valence-electron chi connectivity index (χ3n) is 3.02.